The Balaban J connectivity index is 1.73. The fraction of sp³-hybridized carbons (Fsp3) is 0.269. The lowest BCUT2D eigenvalue weighted by Gasteiger charge is -2.28. The number of hydrazone groups is 1. The topological polar surface area (TPSA) is 54.3 Å². The van der Waals surface area contributed by atoms with E-state index in [1.54, 1.807) is 13.2 Å². The minimum Gasteiger partial charge on any atom is -0.497 e. The van der Waals surface area contributed by atoms with Gasteiger partial charge in [0.15, 0.2) is 5.84 Å². The Bertz CT molecular complexity index is 1110. The molecule has 0 unspecified atom stereocenters. The molecule has 158 valence electrons. The van der Waals surface area contributed by atoms with Crippen molar-refractivity contribution in [3.05, 3.63) is 83.1 Å². The molecular weight excluding hydrogens is 386 g/mol. The molecule has 2 aromatic carbocycles. The van der Waals surface area contributed by atoms with E-state index in [9.17, 15) is 4.79 Å². The molecular formula is C26H27N3O2. The fourth-order valence-electron chi connectivity index (χ4n) is 4.12. The van der Waals surface area contributed by atoms with Crippen molar-refractivity contribution in [3.8, 4) is 5.75 Å². The molecule has 0 saturated carbocycles. The van der Waals surface area contributed by atoms with Gasteiger partial charge >= 0.3 is 0 Å². The summed E-state index contributed by atoms with van der Waals surface area (Å²) in [7, 11) is 1.63. The molecule has 1 aliphatic heterocycles. The van der Waals surface area contributed by atoms with Crippen LogP contribution < -0.4 is 4.74 Å². The average Bonchev–Trinajstić information content (AvgIpc) is 3.03. The summed E-state index contributed by atoms with van der Waals surface area (Å²) in [6, 6.07) is 17.3. The smallest absolute Gasteiger partial charge is 0.298 e. The van der Waals surface area contributed by atoms with Gasteiger partial charge in [-0.3, -0.25) is 4.79 Å². The average molecular weight is 414 g/mol. The number of methoxy groups -OCH3 is 1. The van der Waals surface area contributed by atoms with Gasteiger partial charge in [-0.05, 0) is 42.5 Å². The van der Waals surface area contributed by atoms with E-state index in [4.69, 9.17) is 9.84 Å². The summed E-state index contributed by atoms with van der Waals surface area (Å²) in [5.74, 6) is 1.11. The maximum absolute atomic E-state index is 13.3. The van der Waals surface area contributed by atoms with E-state index < -0.39 is 0 Å². The number of rotatable bonds is 4. The second-order valence-corrected chi connectivity index (χ2v) is 8.72. The van der Waals surface area contributed by atoms with Gasteiger partial charge in [-0.2, -0.15) is 10.1 Å². The number of ether oxygens (including phenoxy) is 1. The van der Waals surface area contributed by atoms with Crippen LogP contribution in [0.2, 0.25) is 0 Å². The maximum atomic E-state index is 13.3. The highest BCUT2D eigenvalue weighted by Crippen LogP contribution is 2.32. The van der Waals surface area contributed by atoms with Crippen LogP contribution in [-0.4, -0.2) is 29.6 Å². The molecule has 1 heterocycles. The molecule has 0 radical (unpaired) electrons. The molecule has 31 heavy (non-hydrogen) atoms. The van der Waals surface area contributed by atoms with Crippen molar-refractivity contribution in [1.29, 1.82) is 0 Å². The second kappa shape index (κ2) is 8.34. The van der Waals surface area contributed by atoms with Crippen LogP contribution in [-0.2, 0) is 4.79 Å². The summed E-state index contributed by atoms with van der Waals surface area (Å²) in [6.07, 6.45) is 5.67. The van der Waals surface area contributed by atoms with Crippen LogP contribution >= 0.6 is 0 Å². The second-order valence-electron chi connectivity index (χ2n) is 8.72. The first-order valence-electron chi connectivity index (χ1n) is 10.4. The molecule has 1 aliphatic carbocycles. The molecule has 0 aromatic heterocycles. The lowest BCUT2D eigenvalue weighted by molar-refractivity contribution is -0.122. The van der Waals surface area contributed by atoms with E-state index in [0.717, 1.165) is 35.4 Å². The summed E-state index contributed by atoms with van der Waals surface area (Å²) in [5, 5.41) is 6.27. The van der Waals surface area contributed by atoms with Gasteiger partial charge in [0.05, 0.1) is 7.11 Å². The third-order valence-electron chi connectivity index (χ3n) is 5.31. The molecule has 0 spiro atoms. The van der Waals surface area contributed by atoms with Gasteiger partial charge in [-0.15, -0.1) is 0 Å². The summed E-state index contributed by atoms with van der Waals surface area (Å²) >= 11 is 0. The number of nitrogens with zero attached hydrogens (tertiary/aromatic N) is 3. The summed E-state index contributed by atoms with van der Waals surface area (Å²) in [6.45, 7) is 6.50. The monoisotopic (exact) mass is 413 g/mol. The number of aliphatic imine (C=N–C) groups is 1. The van der Waals surface area contributed by atoms with Crippen LogP contribution in [0.5, 0.6) is 5.75 Å². The summed E-state index contributed by atoms with van der Waals surface area (Å²) in [4.78, 5) is 18.0. The standard InChI is InChI=1S/C26H27N3O2/c1-18-14-21(17-26(2,3)16-18)28-29-24(20-8-6-5-7-9-20)27-23(25(29)30)15-19-10-12-22(31-4)13-11-19/h5-13,15-16H,14,17H2,1-4H3/b23-15+,28-21-. The van der Waals surface area contributed by atoms with Crippen molar-refractivity contribution in [2.75, 3.05) is 7.11 Å². The van der Waals surface area contributed by atoms with Crippen LogP contribution in [0, 0.1) is 5.41 Å². The molecule has 2 aromatic rings. The van der Waals surface area contributed by atoms with E-state index in [1.807, 2.05) is 54.6 Å². The molecule has 0 fully saturated rings. The molecule has 4 rings (SSSR count). The highest BCUT2D eigenvalue weighted by molar-refractivity contribution is 6.20. The van der Waals surface area contributed by atoms with Crippen LogP contribution in [0.25, 0.3) is 6.08 Å². The van der Waals surface area contributed by atoms with Gasteiger partial charge in [0.2, 0.25) is 0 Å². The van der Waals surface area contributed by atoms with E-state index >= 15 is 0 Å². The number of hydrogen-bond donors (Lipinski definition) is 0. The van der Waals surface area contributed by atoms with Crippen molar-refractivity contribution >= 4 is 23.5 Å². The molecule has 0 saturated heterocycles. The number of carbonyl (C=O) groups excluding carboxylic acids is 1. The molecule has 0 N–H and O–H groups in total. The van der Waals surface area contributed by atoms with Gasteiger partial charge in [-0.1, -0.05) is 68.0 Å². The number of carbonyl (C=O) groups is 1. The predicted octanol–water partition coefficient (Wildman–Crippen LogP) is 5.45. The third kappa shape index (κ3) is 4.66. The van der Waals surface area contributed by atoms with E-state index in [-0.39, 0.29) is 11.3 Å². The number of benzene rings is 2. The van der Waals surface area contributed by atoms with Crippen LogP contribution in [0.4, 0.5) is 0 Å². The third-order valence-corrected chi connectivity index (χ3v) is 5.31. The zero-order valence-electron chi connectivity index (χ0n) is 18.4. The lowest BCUT2D eigenvalue weighted by Crippen LogP contribution is -2.31. The largest absolute Gasteiger partial charge is 0.497 e. The van der Waals surface area contributed by atoms with Crippen molar-refractivity contribution in [2.24, 2.45) is 15.5 Å². The molecule has 2 aliphatic rings. The van der Waals surface area contributed by atoms with Crippen molar-refractivity contribution in [1.82, 2.24) is 5.01 Å². The van der Waals surface area contributed by atoms with Crippen LogP contribution in [0.15, 0.2) is 82.0 Å². The first-order chi connectivity index (χ1) is 14.8. The van der Waals surface area contributed by atoms with Gasteiger partial charge in [0.1, 0.15) is 11.4 Å². The van der Waals surface area contributed by atoms with Crippen LogP contribution in [0.3, 0.4) is 0 Å². The van der Waals surface area contributed by atoms with E-state index in [0.29, 0.717) is 11.5 Å². The zero-order chi connectivity index (χ0) is 22.0. The lowest BCUT2D eigenvalue weighted by atomic mass is 9.79. The summed E-state index contributed by atoms with van der Waals surface area (Å²) in [5.41, 5.74) is 4.40. The highest BCUT2D eigenvalue weighted by Gasteiger charge is 2.33. The van der Waals surface area contributed by atoms with Crippen molar-refractivity contribution < 1.29 is 9.53 Å². The first-order valence-corrected chi connectivity index (χ1v) is 10.4. The Morgan fingerprint density at radius 1 is 1.10 bits per heavy atom. The van der Waals surface area contributed by atoms with E-state index in [1.165, 1.54) is 10.6 Å². The van der Waals surface area contributed by atoms with Crippen LogP contribution in [0.1, 0.15) is 44.7 Å². The SMILES string of the molecule is COc1ccc(/C=C2/N=C(c3ccccc3)N(/N=C3/CC(C)=CC(C)(C)C3)C2=O)cc1. The van der Waals surface area contributed by atoms with Crippen molar-refractivity contribution in [3.63, 3.8) is 0 Å². The summed E-state index contributed by atoms with van der Waals surface area (Å²) < 4.78 is 5.22. The fourth-order valence-corrected chi connectivity index (χ4v) is 4.12. The number of amidine groups is 1. The first kappa shape index (κ1) is 20.8. The minimum atomic E-state index is -0.216. The Morgan fingerprint density at radius 3 is 2.45 bits per heavy atom. The maximum Gasteiger partial charge on any atom is 0.298 e. The van der Waals surface area contributed by atoms with Gasteiger partial charge in [0, 0.05) is 17.7 Å². The van der Waals surface area contributed by atoms with Crippen molar-refractivity contribution in [2.45, 2.75) is 33.6 Å². The van der Waals surface area contributed by atoms with Gasteiger partial charge < -0.3 is 4.74 Å². The molecule has 0 bridgehead atoms. The normalized spacial score (nSPS) is 20.8. The van der Waals surface area contributed by atoms with Gasteiger partial charge in [-0.25, -0.2) is 4.99 Å². The van der Waals surface area contributed by atoms with E-state index in [2.05, 4.69) is 31.8 Å². The number of amides is 1. The highest BCUT2D eigenvalue weighted by atomic mass is 16.5. The Kier molecular flexibility index (Phi) is 5.59. The predicted molar refractivity (Wildman–Crippen MR) is 125 cm³/mol. The number of hydrogen-bond acceptors (Lipinski definition) is 4. The Morgan fingerprint density at radius 2 is 1.81 bits per heavy atom. The van der Waals surface area contributed by atoms with Gasteiger partial charge in [0.25, 0.3) is 5.91 Å². The minimum absolute atomic E-state index is 0.0236. The molecule has 5 heteroatoms. The Labute approximate surface area is 183 Å². The Hall–Kier alpha value is -3.47. The number of allylic oxidation sites excluding steroid dienone is 2. The molecule has 0 atom stereocenters. The molecule has 5 nitrogen and oxygen atoms in total. The zero-order valence-corrected chi connectivity index (χ0v) is 18.4. The quantitative estimate of drug-likeness (QED) is 0.494. The molecule has 1 amide bonds.